The summed E-state index contributed by atoms with van der Waals surface area (Å²) in [6.45, 7) is 5.44. The van der Waals surface area contributed by atoms with E-state index in [0.29, 0.717) is 0 Å². The van der Waals surface area contributed by atoms with Gasteiger partial charge < -0.3 is 25.2 Å². The minimum absolute atomic E-state index is 0.0486. The SMILES string of the molecule is COC(CNC(=O)OCC1c2ccccc2-c2ccccc21)CC(=O)N[C@@H](C(=O)O)C(C)(C)C. The standard InChI is InChI=1S/C26H32N2O6/c1-26(2,3)23(24(30)31)28-22(29)13-16(33-4)14-27-25(32)34-15-21-19-11-7-5-9-17(19)18-10-6-8-12-20(18)21/h5-12,16,21,23H,13-15H2,1-4H3,(H,27,32)(H,28,29)(H,30,31)/t16?,23-/m0/s1. The second kappa shape index (κ2) is 10.7. The summed E-state index contributed by atoms with van der Waals surface area (Å²) < 4.78 is 10.8. The lowest BCUT2D eigenvalue weighted by molar-refractivity contribution is -0.145. The first-order valence-electron chi connectivity index (χ1n) is 11.3. The molecule has 3 rings (SSSR count). The van der Waals surface area contributed by atoms with Crippen LogP contribution < -0.4 is 10.6 Å². The molecule has 0 saturated carbocycles. The average Bonchev–Trinajstić information content (AvgIpc) is 3.11. The van der Waals surface area contributed by atoms with Gasteiger partial charge in [-0.1, -0.05) is 69.3 Å². The summed E-state index contributed by atoms with van der Waals surface area (Å²) in [6, 6.07) is 15.1. The van der Waals surface area contributed by atoms with Gasteiger partial charge in [0.05, 0.1) is 12.5 Å². The molecular formula is C26H32N2O6. The Balaban J connectivity index is 1.52. The van der Waals surface area contributed by atoms with Gasteiger partial charge in [0, 0.05) is 19.6 Å². The van der Waals surface area contributed by atoms with Crippen LogP contribution >= 0.6 is 0 Å². The Morgan fingerprint density at radius 2 is 1.56 bits per heavy atom. The zero-order valence-electron chi connectivity index (χ0n) is 20.0. The van der Waals surface area contributed by atoms with Crippen molar-refractivity contribution in [3.8, 4) is 11.1 Å². The number of carbonyl (C=O) groups is 3. The number of carboxylic acids is 1. The van der Waals surface area contributed by atoms with E-state index in [0.717, 1.165) is 22.3 Å². The van der Waals surface area contributed by atoms with Gasteiger partial charge in [-0.05, 0) is 27.7 Å². The topological polar surface area (TPSA) is 114 Å². The Morgan fingerprint density at radius 3 is 2.06 bits per heavy atom. The third-order valence-corrected chi connectivity index (χ3v) is 5.98. The van der Waals surface area contributed by atoms with Crippen molar-refractivity contribution in [2.45, 2.75) is 45.3 Å². The predicted molar refractivity (Wildman–Crippen MR) is 128 cm³/mol. The number of aliphatic carboxylic acids is 1. The minimum Gasteiger partial charge on any atom is -0.480 e. The van der Waals surface area contributed by atoms with Gasteiger partial charge in [0.25, 0.3) is 0 Å². The minimum atomic E-state index is -1.11. The van der Waals surface area contributed by atoms with Crippen molar-refractivity contribution >= 4 is 18.0 Å². The number of carbonyl (C=O) groups excluding carboxylic acids is 2. The fourth-order valence-corrected chi connectivity index (χ4v) is 4.16. The van der Waals surface area contributed by atoms with Gasteiger partial charge in [-0.3, -0.25) is 4.79 Å². The highest BCUT2D eigenvalue weighted by Crippen LogP contribution is 2.44. The van der Waals surface area contributed by atoms with Crippen LogP contribution in [-0.2, 0) is 19.1 Å². The Bertz CT molecular complexity index is 1000. The van der Waals surface area contributed by atoms with Gasteiger partial charge >= 0.3 is 12.1 Å². The molecule has 2 atom stereocenters. The summed E-state index contributed by atoms with van der Waals surface area (Å²) in [7, 11) is 1.43. The molecule has 1 aliphatic carbocycles. The van der Waals surface area contributed by atoms with Crippen LogP contribution in [0.3, 0.4) is 0 Å². The molecule has 0 radical (unpaired) electrons. The molecule has 0 aliphatic heterocycles. The van der Waals surface area contributed by atoms with E-state index in [1.807, 2.05) is 36.4 Å². The van der Waals surface area contributed by atoms with Crippen molar-refractivity contribution in [2.75, 3.05) is 20.3 Å². The number of benzene rings is 2. The zero-order valence-corrected chi connectivity index (χ0v) is 20.0. The number of amides is 2. The molecule has 2 amide bonds. The summed E-state index contributed by atoms with van der Waals surface area (Å²) in [6.07, 6.45) is -1.34. The Kier molecular flexibility index (Phi) is 7.94. The number of carboxylic acid groups (broad SMARTS) is 1. The van der Waals surface area contributed by atoms with Crippen molar-refractivity contribution < 1.29 is 29.0 Å². The quantitative estimate of drug-likeness (QED) is 0.519. The number of ether oxygens (including phenoxy) is 2. The van der Waals surface area contributed by atoms with Crippen molar-refractivity contribution in [1.29, 1.82) is 0 Å². The summed E-state index contributed by atoms with van der Waals surface area (Å²) in [5.41, 5.74) is 3.88. The summed E-state index contributed by atoms with van der Waals surface area (Å²) in [5, 5.41) is 14.5. The molecule has 0 heterocycles. The third kappa shape index (κ3) is 5.94. The van der Waals surface area contributed by atoms with Crippen LogP contribution in [-0.4, -0.2) is 55.5 Å². The van der Waals surface area contributed by atoms with Gasteiger partial charge in [-0.2, -0.15) is 0 Å². The molecule has 8 nitrogen and oxygen atoms in total. The summed E-state index contributed by atoms with van der Waals surface area (Å²) in [5.74, 6) is -1.62. The van der Waals surface area contributed by atoms with Gasteiger partial charge in [-0.25, -0.2) is 9.59 Å². The molecule has 1 aliphatic rings. The summed E-state index contributed by atoms with van der Waals surface area (Å²) in [4.78, 5) is 36.2. The van der Waals surface area contributed by atoms with Gasteiger partial charge in [0.2, 0.25) is 5.91 Å². The van der Waals surface area contributed by atoms with Crippen molar-refractivity contribution in [3.05, 3.63) is 59.7 Å². The van der Waals surface area contributed by atoms with E-state index >= 15 is 0 Å². The van der Waals surface area contributed by atoms with Crippen LogP contribution in [0.2, 0.25) is 0 Å². The second-order valence-corrected chi connectivity index (χ2v) is 9.47. The highest BCUT2D eigenvalue weighted by Gasteiger charge is 2.33. The van der Waals surface area contributed by atoms with E-state index in [2.05, 4.69) is 22.8 Å². The van der Waals surface area contributed by atoms with Crippen LogP contribution in [0, 0.1) is 5.41 Å². The maximum absolute atomic E-state index is 12.4. The monoisotopic (exact) mass is 468 g/mol. The number of hydrogen-bond donors (Lipinski definition) is 3. The first kappa shape index (κ1) is 25.2. The third-order valence-electron chi connectivity index (χ3n) is 5.98. The fourth-order valence-electron chi connectivity index (χ4n) is 4.16. The first-order chi connectivity index (χ1) is 16.1. The van der Waals surface area contributed by atoms with Gasteiger partial charge in [0.15, 0.2) is 0 Å². The van der Waals surface area contributed by atoms with E-state index in [9.17, 15) is 19.5 Å². The Hall–Kier alpha value is -3.39. The molecule has 8 heteroatoms. The van der Waals surface area contributed by atoms with E-state index < -0.39 is 35.5 Å². The second-order valence-electron chi connectivity index (χ2n) is 9.47. The van der Waals surface area contributed by atoms with Crippen LogP contribution in [0.15, 0.2) is 48.5 Å². The number of fused-ring (bicyclic) bond motifs is 3. The van der Waals surface area contributed by atoms with Crippen LogP contribution in [0.5, 0.6) is 0 Å². The lowest BCUT2D eigenvalue weighted by Gasteiger charge is -2.28. The molecule has 0 aromatic heterocycles. The zero-order chi connectivity index (χ0) is 24.9. The molecule has 0 fully saturated rings. The van der Waals surface area contributed by atoms with Crippen molar-refractivity contribution in [1.82, 2.24) is 10.6 Å². The highest BCUT2D eigenvalue weighted by atomic mass is 16.5. The molecule has 0 saturated heterocycles. The number of methoxy groups -OCH3 is 1. The van der Waals surface area contributed by atoms with Crippen LogP contribution in [0.1, 0.15) is 44.2 Å². The molecule has 2 aromatic carbocycles. The van der Waals surface area contributed by atoms with Crippen molar-refractivity contribution in [3.63, 3.8) is 0 Å². The van der Waals surface area contributed by atoms with E-state index in [1.165, 1.54) is 7.11 Å². The lowest BCUT2D eigenvalue weighted by Crippen LogP contribution is -2.50. The van der Waals surface area contributed by atoms with Crippen LogP contribution in [0.4, 0.5) is 4.79 Å². The molecular weight excluding hydrogens is 436 g/mol. The normalized spacial score (nSPS) is 14.5. The molecule has 3 N–H and O–H groups in total. The van der Waals surface area contributed by atoms with E-state index in [4.69, 9.17) is 9.47 Å². The first-order valence-corrected chi connectivity index (χ1v) is 11.3. The van der Waals surface area contributed by atoms with Crippen LogP contribution in [0.25, 0.3) is 11.1 Å². The van der Waals surface area contributed by atoms with Gasteiger partial charge in [0.1, 0.15) is 12.6 Å². The predicted octanol–water partition coefficient (Wildman–Crippen LogP) is 3.55. The smallest absolute Gasteiger partial charge is 0.407 e. The van der Waals surface area contributed by atoms with Gasteiger partial charge in [-0.15, -0.1) is 0 Å². The maximum Gasteiger partial charge on any atom is 0.407 e. The average molecular weight is 469 g/mol. The molecule has 34 heavy (non-hydrogen) atoms. The highest BCUT2D eigenvalue weighted by molar-refractivity contribution is 5.84. The number of rotatable bonds is 9. The molecule has 2 aromatic rings. The van der Waals surface area contributed by atoms with E-state index in [-0.39, 0.29) is 25.5 Å². The molecule has 0 bridgehead atoms. The maximum atomic E-state index is 12.4. The molecule has 0 spiro atoms. The number of alkyl carbamates (subject to hydrolysis) is 1. The number of hydrogen-bond acceptors (Lipinski definition) is 5. The Labute approximate surface area is 199 Å². The van der Waals surface area contributed by atoms with Crippen molar-refractivity contribution in [2.24, 2.45) is 5.41 Å². The largest absolute Gasteiger partial charge is 0.480 e. The number of nitrogens with one attached hydrogen (secondary N) is 2. The summed E-state index contributed by atoms with van der Waals surface area (Å²) >= 11 is 0. The van der Waals surface area contributed by atoms with E-state index in [1.54, 1.807) is 20.8 Å². The molecule has 1 unspecified atom stereocenters. The fraction of sp³-hybridized carbons (Fsp3) is 0.423. The lowest BCUT2D eigenvalue weighted by atomic mass is 9.86. The molecule has 182 valence electrons. The Morgan fingerprint density at radius 1 is 1.00 bits per heavy atom.